The van der Waals surface area contributed by atoms with Crippen molar-refractivity contribution in [1.29, 1.82) is 0 Å². The molecule has 144 valence electrons. The highest BCUT2D eigenvalue weighted by atomic mass is 16.5. The van der Waals surface area contributed by atoms with E-state index in [4.69, 9.17) is 9.26 Å². The number of hydrogen-bond donors (Lipinski definition) is 1. The standard InChI is InChI=1S/C22H18N4O3/c27-19-12-17(16-7-4-8-23-13-16)11-18-14-26(9-10-28-20(18)19)22-24-21(25-29-22)15-5-2-1-3-6-15/h1-8,11-13,27H,9-10,14H2. The normalized spacial score (nSPS) is 13.4. The second-order valence-electron chi connectivity index (χ2n) is 6.76. The van der Waals surface area contributed by atoms with Crippen LogP contribution in [-0.2, 0) is 6.54 Å². The van der Waals surface area contributed by atoms with E-state index in [0.717, 1.165) is 22.3 Å². The first-order valence-corrected chi connectivity index (χ1v) is 9.31. The van der Waals surface area contributed by atoms with E-state index in [2.05, 4.69) is 15.1 Å². The van der Waals surface area contributed by atoms with Crippen LogP contribution in [0.3, 0.4) is 0 Å². The number of benzene rings is 2. The van der Waals surface area contributed by atoms with Crippen LogP contribution in [-0.4, -0.2) is 33.4 Å². The van der Waals surface area contributed by atoms with Crippen molar-refractivity contribution >= 4 is 6.01 Å². The number of fused-ring (bicyclic) bond motifs is 1. The third kappa shape index (κ3) is 3.38. The zero-order chi connectivity index (χ0) is 19.6. The van der Waals surface area contributed by atoms with Gasteiger partial charge in [-0.1, -0.05) is 41.6 Å². The van der Waals surface area contributed by atoms with E-state index < -0.39 is 0 Å². The van der Waals surface area contributed by atoms with Gasteiger partial charge in [0, 0.05) is 29.1 Å². The summed E-state index contributed by atoms with van der Waals surface area (Å²) < 4.78 is 11.3. The summed E-state index contributed by atoms with van der Waals surface area (Å²) in [5, 5.41) is 14.6. The van der Waals surface area contributed by atoms with Crippen molar-refractivity contribution in [2.24, 2.45) is 0 Å². The smallest absolute Gasteiger partial charge is 0.324 e. The van der Waals surface area contributed by atoms with Gasteiger partial charge >= 0.3 is 6.01 Å². The average molecular weight is 386 g/mol. The van der Waals surface area contributed by atoms with Gasteiger partial charge in [-0.25, -0.2) is 0 Å². The number of hydrogen-bond acceptors (Lipinski definition) is 7. The van der Waals surface area contributed by atoms with Crippen LogP contribution in [0.2, 0.25) is 0 Å². The zero-order valence-electron chi connectivity index (χ0n) is 15.5. The summed E-state index contributed by atoms with van der Waals surface area (Å²) in [6, 6.07) is 17.6. The second-order valence-corrected chi connectivity index (χ2v) is 6.76. The van der Waals surface area contributed by atoms with Gasteiger partial charge in [-0.2, -0.15) is 4.98 Å². The minimum absolute atomic E-state index is 0.110. The Morgan fingerprint density at radius 2 is 1.83 bits per heavy atom. The van der Waals surface area contributed by atoms with E-state index in [1.807, 2.05) is 53.4 Å². The molecule has 1 aliphatic rings. The van der Waals surface area contributed by atoms with Crippen LogP contribution in [0.4, 0.5) is 6.01 Å². The molecule has 0 atom stereocenters. The van der Waals surface area contributed by atoms with Crippen molar-refractivity contribution in [1.82, 2.24) is 15.1 Å². The topological polar surface area (TPSA) is 84.5 Å². The molecule has 4 aromatic rings. The Kier molecular flexibility index (Phi) is 4.32. The number of rotatable bonds is 3. The molecule has 5 rings (SSSR count). The Morgan fingerprint density at radius 3 is 2.66 bits per heavy atom. The molecular weight excluding hydrogens is 368 g/mol. The van der Waals surface area contributed by atoms with Crippen molar-refractivity contribution < 1.29 is 14.4 Å². The molecule has 1 aliphatic heterocycles. The lowest BCUT2D eigenvalue weighted by Gasteiger charge is -2.16. The minimum Gasteiger partial charge on any atom is -0.504 e. The first-order chi connectivity index (χ1) is 14.3. The molecule has 0 bridgehead atoms. The number of phenols is 1. The Morgan fingerprint density at radius 1 is 0.966 bits per heavy atom. The first-order valence-electron chi connectivity index (χ1n) is 9.31. The Labute approximate surface area is 167 Å². The fraction of sp³-hybridized carbons (Fsp3) is 0.136. The Balaban J connectivity index is 1.48. The van der Waals surface area contributed by atoms with Crippen molar-refractivity contribution in [3.05, 3.63) is 72.6 Å². The van der Waals surface area contributed by atoms with Crippen LogP contribution in [0.1, 0.15) is 5.56 Å². The van der Waals surface area contributed by atoms with E-state index in [9.17, 15) is 5.11 Å². The molecule has 0 saturated heterocycles. The summed E-state index contributed by atoms with van der Waals surface area (Å²) >= 11 is 0. The lowest BCUT2D eigenvalue weighted by atomic mass is 10.0. The molecule has 0 unspecified atom stereocenters. The highest BCUT2D eigenvalue weighted by molar-refractivity contribution is 5.69. The maximum atomic E-state index is 10.5. The molecular formula is C22H18N4O3. The summed E-state index contributed by atoms with van der Waals surface area (Å²) in [6.07, 6.45) is 3.48. The van der Waals surface area contributed by atoms with Gasteiger partial charge in [0.2, 0.25) is 5.82 Å². The molecule has 0 aliphatic carbocycles. The van der Waals surface area contributed by atoms with Gasteiger partial charge in [-0.05, 0) is 23.8 Å². The number of pyridine rings is 1. The van der Waals surface area contributed by atoms with Gasteiger partial charge < -0.3 is 19.3 Å². The van der Waals surface area contributed by atoms with Crippen LogP contribution >= 0.6 is 0 Å². The van der Waals surface area contributed by atoms with Gasteiger partial charge in [0.05, 0.1) is 13.1 Å². The molecule has 29 heavy (non-hydrogen) atoms. The van der Waals surface area contributed by atoms with E-state index in [1.165, 1.54) is 0 Å². The molecule has 7 nitrogen and oxygen atoms in total. The van der Waals surface area contributed by atoms with Gasteiger partial charge in [0.1, 0.15) is 6.61 Å². The number of aromatic nitrogens is 3. The molecule has 0 radical (unpaired) electrons. The molecule has 0 fully saturated rings. The Bertz CT molecular complexity index is 1130. The molecule has 7 heteroatoms. The quantitative estimate of drug-likeness (QED) is 0.571. The second kappa shape index (κ2) is 7.27. The highest BCUT2D eigenvalue weighted by Gasteiger charge is 2.23. The summed E-state index contributed by atoms with van der Waals surface area (Å²) in [5.41, 5.74) is 3.53. The average Bonchev–Trinajstić information content (AvgIpc) is 3.16. The van der Waals surface area contributed by atoms with E-state index in [-0.39, 0.29) is 5.75 Å². The van der Waals surface area contributed by atoms with Crippen LogP contribution in [0, 0.1) is 0 Å². The highest BCUT2D eigenvalue weighted by Crippen LogP contribution is 2.38. The molecule has 2 aromatic heterocycles. The third-order valence-electron chi connectivity index (χ3n) is 4.83. The molecule has 1 N–H and O–H groups in total. The molecule has 0 spiro atoms. The summed E-state index contributed by atoms with van der Waals surface area (Å²) in [7, 11) is 0. The number of ether oxygens (including phenoxy) is 1. The van der Waals surface area contributed by atoms with Crippen molar-refractivity contribution in [2.45, 2.75) is 6.54 Å². The number of phenolic OH excluding ortho intramolecular Hbond substituents is 1. The largest absolute Gasteiger partial charge is 0.504 e. The number of anilines is 1. The predicted octanol–water partition coefficient (Wildman–Crippen LogP) is 3.90. The number of aromatic hydroxyl groups is 1. The van der Waals surface area contributed by atoms with Crippen LogP contribution in [0.25, 0.3) is 22.5 Å². The summed E-state index contributed by atoms with van der Waals surface area (Å²) in [4.78, 5) is 10.7. The molecule has 2 aromatic carbocycles. The van der Waals surface area contributed by atoms with E-state index >= 15 is 0 Å². The fourth-order valence-corrected chi connectivity index (χ4v) is 3.41. The molecule has 3 heterocycles. The lowest BCUT2D eigenvalue weighted by molar-refractivity contribution is 0.309. The van der Waals surface area contributed by atoms with Crippen molar-refractivity contribution in [3.63, 3.8) is 0 Å². The van der Waals surface area contributed by atoms with Gasteiger partial charge in [-0.15, -0.1) is 0 Å². The summed E-state index contributed by atoms with van der Waals surface area (Å²) in [5.74, 6) is 1.14. The number of nitrogens with zero attached hydrogens (tertiary/aromatic N) is 4. The first kappa shape index (κ1) is 17.2. The van der Waals surface area contributed by atoms with Crippen molar-refractivity contribution in [2.75, 3.05) is 18.1 Å². The fourth-order valence-electron chi connectivity index (χ4n) is 3.41. The maximum Gasteiger partial charge on any atom is 0.324 e. The predicted molar refractivity (Wildman–Crippen MR) is 108 cm³/mol. The van der Waals surface area contributed by atoms with Crippen LogP contribution in [0.5, 0.6) is 11.5 Å². The Hall–Kier alpha value is -3.87. The van der Waals surface area contributed by atoms with Gasteiger partial charge in [0.15, 0.2) is 11.5 Å². The van der Waals surface area contributed by atoms with Crippen LogP contribution in [0.15, 0.2) is 71.5 Å². The summed E-state index contributed by atoms with van der Waals surface area (Å²) in [6.45, 7) is 1.44. The lowest BCUT2D eigenvalue weighted by Crippen LogP contribution is -2.25. The van der Waals surface area contributed by atoms with Gasteiger partial charge in [-0.3, -0.25) is 4.98 Å². The van der Waals surface area contributed by atoms with Crippen LogP contribution < -0.4 is 9.64 Å². The molecule has 0 amide bonds. The van der Waals surface area contributed by atoms with E-state index in [0.29, 0.717) is 37.3 Å². The maximum absolute atomic E-state index is 10.5. The van der Waals surface area contributed by atoms with E-state index in [1.54, 1.807) is 18.5 Å². The third-order valence-corrected chi connectivity index (χ3v) is 4.83. The monoisotopic (exact) mass is 386 g/mol. The SMILES string of the molecule is Oc1cc(-c2cccnc2)cc2c1OCCN(c1nc(-c3ccccc3)no1)C2. The van der Waals surface area contributed by atoms with Gasteiger partial charge in [0.25, 0.3) is 0 Å². The zero-order valence-corrected chi connectivity index (χ0v) is 15.5. The minimum atomic E-state index is 0.110. The van der Waals surface area contributed by atoms with Crippen molar-refractivity contribution in [3.8, 4) is 34.0 Å². The molecule has 0 saturated carbocycles.